The molecule has 0 spiro atoms. The molecule has 2 aliphatic heterocycles. The van der Waals surface area contributed by atoms with Crippen LogP contribution < -0.4 is 5.32 Å². The standard InChI is InChI=1S/C33H36N4O5/c1-21-30(19-37-15-14-26(39)18-37)41-33(42-31(21)24-10-8-23(20-38)9-11-24)25-12-6-22(7-13-25)16-35-32(40)29-17-34-27-4-2-3-5-28(27)36-29/h2-13,17,21,26,30-31,33,38-39H,14-16,18-20H2,1H3,(H,35,40). The van der Waals surface area contributed by atoms with E-state index in [1.807, 2.05) is 72.8 Å². The topological polar surface area (TPSA) is 117 Å². The zero-order valence-electron chi connectivity index (χ0n) is 23.6. The van der Waals surface area contributed by atoms with Crippen molar-refractivity contribution in [2.75, 3.05) is 19.6 Å². The average molecular weight is 569 g/mol. The maximum atomic E-state index is 12.7. The minimum atomic E-state index is -0.572. The Morgan fingerprint density at radius 2 is 1.69 bits per heavy atom. The predicted molar refractivity (Wildman–Crippen MR) is 157 cm³/mol. The van der Waals surface area contributed by atoms with E-state index in [0.717, 1.165) is 40.7 Å². The van der Waals surface area contributed by atoms with Crippen LogP contribution >= 0.6 is 0 Å². The molecule has 3 aromatic carbocycles. The zero-order chi connectivity index (χ0) is 29.1. The molecule has 2 saturated heterocycles. The van der Waals surface area contributed by atoms with E-state index < -0.39 is 6.29 Å². The number of hydrogen-bond acceptors (Lipinski definition) is 8. The van der Waals surface area contributed by atoms with Crippen LogP contribution in [0.25, 0.3) is 11.0 Å². The quantitative estimate of drug-likeness (QED) is 0.293. The van der Waals surface area contributed by atoms with Crippen molar-refractivity contribution in [2.24, 2.45) is 5.92 Å². The number of hydrogen-bond donors (Lipinski definition) is 3. The lowest BCUT2D eigenvalue weighted by molar-refractivity contribution is -0.276. The van der Waals surface area contributed by atoms with Crippen LogP contribution in [-0.4, -0.2) is 62.8 Å². The van der Waals surface area contributed by atoms with Crippen molar-refractivity contribution in [2.45, 2.75) is 51.1 Å². The third kappa shape index (κ3) is 6.35. The molecule has 5 unspecified atom stereocenters. The molecule has 0 saturated carbocycles. The van der Waals surface area contributed by atoms with Crippen LogP contribution in [0.3, 0.4) is 0 Å². The van der Waals surface area contributed by atoms with Gasteiger partial charge in [-0.25, -0.2) is 4.98 Å². The number of amides is 1. The van der Waals surface area contributed by atoms with E-state index in [9.17, 15) is 15.0 Å². The molecule has 5 atom stereocenters. The number of aliphatic hydroxyl groups excluding tert-OH is 2. The summed E-state index contributed by atoms with van der Waals surface area (Å²) in [7, 11) is 0. The molecule has 1 amide bonds. The van der Waals surface area contributed by atoms with Gasteiger partial charge in [0.25, 0.3) is 5.91 Å². The van der Waals surface area contributed by atoms with Crippen molar-refractivity contribution in [3.63, 3.8) is 0 Å². The first kappa shape index (κ1) is 28.4. The summed E-state index contributed by atoms with van der Waals surface area (Å²) in [4.78, 5) is 23.7. The van der Waals surface area contributed by atoms with Gasteiger partial charge in [-0.15, -0.1) is 0 Å². The van der Waals surface area contributed by atoms with Crippen LogP contribution in [0.15, 0.2) is 79.0 Å². The van der Waals surface area contributed by atoms with Crippen LogP contribution in [0.2, 0.25) is 0 Å². The van der Waals surface area contributed by atoms with Gasteiger partial charge >= 0.3 is 0 Å². The van der Waals surface area contributed by atoms with E-state index in [-0.39, 0.29) is 42.4 Å². The molecule has 0 radical (unpaired) electrons. The highest BCUT2D eigenvalue weighted by Crippen LogP contribution is 2.42. The van der Waals surface area contributed by atoms with Crippen molar-refractivity contribution in [3.05, 3.63) is 107 Å². The lowest BCUT2D eigenvalue weighted by Crippen LogP contribution is -2.44. The number of aliphatic hydroxyl groups is 2. The van der Waals surface area contributed by atoms with E-state index in [1.54, 1.807) is 0 Å². The first-order valence-corrected chi connectivity index (χ1v) is 14.5. The van der Waals surface area contributed by atoms with Crippen LogP contribution in [0.5, 0.6) is 0 Å². The summed E-state index contributed by atoms with van der Waals surface area (Å²) >= 11 is 0. The van der Waals surface area contributed by atoms with Crippen molar-refractivity contribution in [1.29, 1.82) is 0 Å². The second-order valence-corrected chi connectivity index (χ2v) is 11.2. The fourth-order valence-corrected chi connectivity index (χ4v) is 5.69. The lowest BCUT2D eigenvalue weighted by Gasteiger charge is -2.42. The SMILES string of the molecule is CC1C(CN2CCC(O)C2)OC(c2ccc(CNC(=O)c3cnc4ccccc4n3)cc2)OC1c1ccc(CO)cc1. The number of nitrogens with zero attached hydrogens (tertiary/aromatic N) is 3. The molecular formula is C33H36N4O5. The molecule has 3 N–H and O–H groups in total. The normalized spacial score (nSPS) is 24.6. The second kappa shape index (κ2) is 12.6. The first-order valence-electron chi connectivity index (χ1n) is 14.5. The maximum Gasteiger partial charge on any atom is 0.271 e. The predicted octanol–water partition coefficient (Wildman–Crippen LogP) is 3.91. The Morgan fingerprint density at radius 3 is 2.40 bits per heavy atom. The van der Waals surface area contributed by atoms with Gasteiger partial charge in [-0.2, -0.15) is 0 Å². The summed E-state index contributed by atoms with van der Waals surface area (Å²) in [5, 5.41) is 22.5. The highest BCUT2D eigenvalue weighted by molar-refractivity contribution is 5.93. The summed E-state index contributed by atoms with van der Waals surface area (Å²) in [6.45, 7) is 4.69. The van der Waals surface area contributed by atoms with E-state index in [1.165, 1.54) is 6.20 Å². The summed E-state index contributed by atoms with van der Waals surface area (Å²) in [5.74, 6) is -0.207. The van der Waals surface area contributed by atoms with Gasteiger partial charge in [0.1, 0.15) is 5.69 Å². The molecular weight excluding hydrogens is 532 g/mol. The number of ether oxygens (including phenoxy) is 2. The number of aromatic nitrogens is 2. The average Bonchev–Trinajstić information content (AvgIpc) is 3.45. The Hall–Kier alpha value is -3.73. The van der Waals surface area contributed by atoms with E-state index in [0.29, 0.717) is 25.2 Å². The van der Waals surface area contributed by atoms with Crippen molar-refractivity contribution in [3.8, 4) is 0 Å². The molecule has 4 aromatic rings. The lowest BCUT2D eigenvalue weighted by atomic mass is 9.90. The molecule has 9 nitrogen and oxygen atoms in total. The molecule has 0 aliphatic carbocycles. The Labute approximate surface area is 245 Å². The Balaban J connectivity index is 1.15. The Bertz CT molecular complexity index is 1510. The maximum absolute atomic E-state index is 12.7. The fraction of sp³-hybridized carbons (Fsp3) is 0.364. The number of benzene rings is 3. The van der Waals surface area contributed by atoms with Gasteiger partial charge in [-0.1, -0.05) is 67.6 Å². The van der Waals surface area contributed by atoms with Crippen LogP contribution in [0.1, 0.15) is 58.5 Å². The van der Waals surface area contributed by atoms with Gasteiger partial charge in [-0.3, -0.25) is 14.7 Å². The number of carbonyl (C=O) groups is 1. The highest BCUT2D eigenvalue weighted by atomic mass is 16.7. The number of nitrogens with one attached hydrogen (secondary N) is 1. The molecule has 42 heavy (non-hydrogen) atoms. The van der Waals surface area contributed by atoms with Gasteiger partial charge in [0.2, 0.25) is 0 Å². The van der Waals surface area contributed by atoms with E-state index in [4.69, 9.17) is 9.47 Å². The van der Waals surface area contributed by atoms with Crippen molar-refractivity contribution in [1.82, 2.24) is 20.2 Å². The highest BCUT2D eigenvalue weighted by Gasteiger charge is 2.39. The van der Waals surface area contributed by atoms with Gasteiger partial charge < -0.3 is 25.0 Å². The molecule has 6 rings (SSSR count). The Morgan fingerprint density at radius 1 is 0.976 bits per heavy atom. The number of β-amino-alcohol motifs (C(OH)–C–C–N with tert-alkyl or cyclic N) is 1. The molecule has 9 heteroatoms. The van der Waals surface area contributed by atoms with Gasteiger partial charge in [0, 0.05) is 37.7 Å². The van der Waals surface area contributed by atoms with Gasteiger partial charge in [0.15, 0.2) is 6.29 Å². The summed E-state index contributed by atoms with van der Waals surface area (Å²) in [5.41, 5.74) is 5.42. The second-order valence-electron chi connectivity index (χ2n) is 11.2. The van der Waals surface area contributed by atoms with Crippen molar-refractivity contribution < 1.29 is 24.5 Å². The van der Waals surface area contributed by atoms with Gasteiger partial charge in [0.05, 0.1) is 42.1 Å². The van der Waals surface area contributed by atoms with E-state index in [2.05, 4.69) is 27.1 Å². The third-order valence-electron chi connectivity index (χ3n) is 8.20. The minimum absolute atomic E-state index is 0.00450. The van der Waals surface area contributed by atoms with Crippen molar-refractivity contribution >= 4 is 16.9 Å². The van der Waals surface area contributed by atoms with E-state index >= 15 is 0 Å². The minimum Gasteiger partial charge on any atom is -0.392 e. The summed E-state index contributed by atoms with van der Waals surface area (Å²) in [6.07, 6.45) is 1.11. The first-order chi connectivity index (χ1) is 20.5. The zero-order valence-corrected chi connectivity index (χ0v) is 23.6. The Kier molecular flexibility index (Phi) is 8.55. The number of fused-ring (bicyclic) bond motifs is 1. The van der Waals surface area contributed by atoms with Crippen LogP contribution in [0.4, 0.5) is 0 Å². The number of likely N-dealkylation sites (tertiary alicyclic amines) is 1. The molecule has 1 aromatic heterocycles. The monoisotopic (exact) mass is 568 g/mol. The van der Waals surface area contributed by atoms with Crippen LogP contribution in [0, 0.1) is 5.92 Å². The summed E-state index contributed by atoms with van der Waals surface area (Å²) in [6, 6.07) is 23.2. The van der Waals surface area contributed by atoms with Crippen LogP contribution in [-0.2, 0) is 22.6 Å². The fourth-order valence-electron chi connectivity index (χ4n) is 5.69. The smallest absolute Gasteiger partial charge is 0.271 e. The summed E-state index contributed by atoms with van der Waals surface area (Å²) < 4.78 is 13.1. The molecule has 2 aliphatic rings. The number of carbonyl (C=O) groups excluding carboxylic acids is 1. The molecule has 3 heterocycles. The molecule has 218 valence electrons. The number of para-hydroxylation sites is 2. The number of rotatable bonds is 8. The molecule has 2 fully saturated rings. The largest absolute Gasteiger partial charge is 0.392 e. The van der Waals surface area contributed by atoms with Gasteiger partial charge in [-0.05, 0) is 35.2 Å². The third-order valence-corrected chi connectivity index (χ3v) is 8.20. The molecule has 0 bridgehead atoms.